The van der Waals surface area contributed by atoms with E-state index in [9.17, 15) is 13.2 Å². The first kappa shape index (κ1) is 17.0. The van der Waals surface area contributed by atoms with E-state index in [2.05, 4.69) is 5.10 Å². The first-order chi connectivity index (χ1) is 11.9. The fourth-order valence-electron chi connectivity index (χ4n) is 2.69. The highest BCUT2D eigenvalue weighted by Crippen LogP contribution is 2.40. The molecule has 1 heterocycles. The fraction of sp³-hybridized carbons (Fsp3) is 0.167. The third kappa shape index (κ3) is 3.36. The van der Waals surface area contributed by atoms with E-state index in [1.165, 1.54) is 0 Å². The van der Waals surface area contributed by atoms with Crippen LogP contribution in [0.2, 0.25) is 0 Å². The van der Waals surface area contributed by atoms with Gasteiger partial charge in [0.2, 0.25) is 0 Å². The molecule has 4 N–H and O–H groups in total. The third-order valence-corrected chi connectivity index (χ3v) is 3.87. The zero-order valence-electron chi connectivity index (χ0n) is 13.3. The molecule has 0 fully saturated rings. The summed E-state index contributed by atoms with van der Waals surface area (Å²) in [6, 6.07) is 15.2. The van der Waals surface area contributed by atoms with Crippen LogP contribution in [-0.2, 0) is 12.6 Å². The SMILES string of the molecule is NCCc1ccc(-n2nc(C(F)(F)F)c(-c3ccccc3)c2N)cc1. The number of aromatic nitrogens is 2. The molecule has 0 radical (unpaired) electrons. The highest BCUT2D eigenvalue weighted by molar-refractivity contribution is 5.78. The van der Waals surface area contributed by atoms with Crippen LogP contribution < -0.4 is 11.5 Å². The number of nitrogen functional groups attached to an aromatic ring is 1. The highest BCUT2D eigenvalue weighted by atomic mass is 19.4. The summed E-state index contributed by atoms with van der Waals surface area (Å²) in [5.74, 6) is -0.0508. The van der Waals surface area contributed by atoms with Gasteiger partial charge in [-0.1, -0.05) is 42.5 Å². The van der Waals surface area contributed by atoms with E-state index in [1.807, 2.05) is 0 Å². The van der Waals surface area contributed by atoms with Gasteiger partial charge in [-0.25, -0.2) is 4.68 Å². The Bertz CT molecular complexity index is 853. The molecule has 2 aromatic carbocycles. The Morgan fingerprint density at radius 3 is 2.16 bits per heavy atom. The first-order valence-electron chi connectivity index (χ1n) is 7.72. The summed E-state index contributed by atoms with van der Waals surface area (Å²) in [7, 11) is 0. The molecule has 0 bridgehead atoms. The van der Waals surface area contributed by atoms with Crippen molar-refractivity contribution in [2.45, 2.75) is 12.6 Å². The number of rotatable bonds is 4. The Kier molecular flexibility index (Phi) is 4.50. The van der Waals surface area contributed by atoms with E-state index >= 15 is 0 Å². The molecule has 3 aromatic rings. The summed E-state index contributed by atoms with van der Waals surface area (Å²) >= 11 is 0. The molecule has 0 atom stereocenters. The number of hydrogen-bond donors (Lipinski definition) is 2. The van der Waals surface area contributed by atoms with Gasteiger partial charge >= 0.3 is 6.18 Å². The summed E-state index contributed by atoms with van der Waals surface area (Å²) in [6.07, 6.45) is -3.91. The Morgan fingerprint density at radius 1 is 0.960 bits per heavy atom. The van der Waals surface area contributed by atoms with Crippen molar-refractivity contribution in [1.82, 2.24) is 9.78 Å². The van der Waals surface area contributed by atoms with Crippen molar-refractivity contribution in [3.63, 3.8) is 0 Å². The lowest BCUT2D eigenvalue weighted by atomic mass is 10.1. The predicted molar refractivity (Wildman–Crippen MR) is 91.2 cm³/mol. The molecule has 0 amide bonds. The minimum absolute atomic E-state index is 0.0508. The largest absolute Gasteiger partial charge is 0.435 e. The smallest absolute Gasteiger partial charge is 0.383 e. The van der Waals surface area contributed by atoms with Crippen LogP contribution >= 0.6 is 0 Å². The number of alkyl halides is 3. The lowest BCUT2D eigenvalue weighted by Crippen LogP contribution is -2.08. The van der Waals surface area contributed by atoms with Crippen LogP contribution in [0, 0.1) is 0 Å². The second-order valence-corrected chi connectivity index (χ2v) is 5.59. The summed E-state index contributed by atoms with van der Waals surface area (Å²) in [6.45, 7) is 0.500. The summed E-state index contributed by atoms with van der Waals surface area (Å²) in [5, 5.41) is 3.75. The van der Waals surface area contributed by atoms with Crippen LogP contribution in [0.3, 0.4) is 0 Å². The molecule has 130 valence electrons. The number of anilines is 1. The number of nitrogens with zero attached hydrogens (tertiary/aromatic N) is 2. The predicted octanol–water partition coefficient (Wildman–Crippen LogP) is 3.64. The van der Waals surface area contributed by atoms with E-state index in [0.717, 1.165) is 10.2 Å². The zero-order valence-corrected chi connectivity index (χ0v) is 13.3. The van der Waals surface area contributed by atoms with Gasteiger partial charge in [-0.15, -0.1) is 0 Å². The van der Waals surface area contributed by atoms with Crippen molar-refractivity contribution in [2.24, 2.45) is 5.73 Å². The molecule has 0 saturated heterocycles. The average Bonchev–Trinajstić information content (AvgIpc) is 2.94. The Balaban J connectivity index is 2.14. The van der Waals surface area contributed by atoms with Crippen molar-refractivity contribution >= 4 is 5.82 Å². The molecule has 7 heteroatoms. The van der Waals surface area contributed by atoms with E-state index in [4.69, 9.17) is 11.5 Å². The minimum atomic E-state index is -4.61. The van der Waals surface area contributed by atoms with Gasteiger partial charge in [-0.3, -0.25) is 0 Å². The maximum atomic E-state index is 13.5. The number of halogens is 3. The third-order valence-electron chi connectivity index (χ3n) is 3.87. The number of hydrogen-bond acceptors (Lipinski definition) is 3. The molecule has 0 spiro atoms. The van der Waals surface area contributed by atoms with E-state index < -0.39 is 11.9 Å². The molecule has 0 aliphatic carbocycles. The van der Waals surface area contributed by atoms with Gasteiger partial charge in [0.15, 0.2) is 5.69 Å². The van der Waals surface area contributed by atoms with Crippen molar-refractivity contribution in [3.05, 3.63) is 65.9 Å². The average molecular weight is 346 g/mol. The highest BCUT2D eigenvalue weighted by Gasteiger charge is 2.39. The molecular formula is C18H17F3N4. The molecular weight excluding hydrogens is 329 g/mol. The van der Waals surface area contributed by atoms with Crippen LogP contribution in [0.25, 0.3) is 16.8 Å². The number of benzene rings is 2. The van der Waals surface area contributed by atoms with Crippen LogP contribution in [0.4, 0.5) is 19.0 Å². The lowest BCUT2D eigenvalue weighted by molar-refractivity contribution is -0.140. The molecule has 0 aliphatic heterocycles. The van der Waals surface area contributed by atoms with Gasteiger partial charge in [0, 0.05) is 0 Å². The molecule has 4 nitrogen and oxygen atoms in total. The second-order valence-electron chi connectivity index (χ2n) is 5.59. The fourth-order valence-corrected chi connectivity index (χ4v) is 2.69. The van der Waals surface area contributed by atoms with E-state index in [0.29, 0.717) is 24.2 Å². The summed E-state index contributed by atoms with van der Waals surface area (Å²) < 4.78 is 41.5. The van der Waals surface area contributed by atoms with Gasteiger partial charge in [-0.2, -0.15) is 18.3 Å². The normalized spacial score (nSPS) is 11.7. The van der Waals surface area contributed by atoms with Crippen LogP contribution in [-0.4, -0.2) is 16.3 Å². The minimum Gasteiger partial charge on any atom is -0.383 e. The van der Waals surface area contributed by atoms with Gasteiger partial charge < -0.3 is 11.5 Å². The second kappa shape index (κ2) is 6.60. The van der Waals surface area contributed by atoms with Crippen molar-refractivity contribution < 1.29 is 13.2 Å². The van der Waals surface area contributed by atoms with Gasteiger partial charge in [-0.05, 0) is 36.2 Å². The quantitative estimate of drug-likeness (QED) is 0.758. The topological polar surface area (TPSA) is 69.9 Å². The monoisotopic (exact) mass is 346 g/mol. The maximum Gasteiger partial charge on any atom is 0.435 e. The van der Waals surface area contributed by atoms with E-state index in [-0.39, 0.29) is 11.4 Å². The Labute approximate surface area is 142 Å². The van der Waals surface area contributed by atoms with Gasteiger partial charge in [0.05, 0.1) is 11.3 Å². The zero-order chi connectivity index (χ0) is 18.0. The first-order valence-corrected chi connectivity index (χ1v) is 7.72. The molecule has 1 aromatic heterocycles. The maximum absolute atomic E-state index is 13.5. The van der Waals surface area contributed by atoms with Gasteiger partial charge in [0.1, 0.15) is 5.82 Å². The molecule has 0 unspecified atom stereocenters. The molecule has 3 rings (SSSR count). The van der Waals surface area contributed by atoms with Crippen LogP contribution in [0.5, 0.6) is 0 Å². The van der Waals surface area contributed by atoms with Crippen molar-refractivity contribution in [2.75, 3.05) is 12.3 Å². The Morgan fingerprint density at radius 2 is 1.60 bits per heavy atom. The van der Waals surface area contributed by atoms with Crippen LogP contribution in [0.15, 0.2) is 54.6 Å². The standard InChI is InChI=1S/C18H17F3N4/c19-18(20,21)16-15(13-4-2-1-3-5-13)17(23)25(24-16)14-8-6-12(7-9-14)10-11-22/h1-9H,10-11,22-23H2. The number of nitrogens with two attached hydrogens (primary N) is 2. The van der Waals surface area contributed by atoms with Crippen molar-refractivity contribution in [1.29, 1.82) is 0 Å². The van der Waals surface area contributed by atoms with Crippen LogP contribution in [0.1, 0.15) is 11.3 Å². The van der Waals surface area contributed by atoms with E-state index in [1.54, 1.807) is 54.6 Å². The molecule has 0 saturated carbocycles. The molecule has 25 heavy (non-hydrogen) atoms. The Hall–Kier alpha value is -2.80. The summed E-state index contributed by atoms with van der Waals surface area (Å²) in [4.78, 5) is 0. The van der Waals surface area contributed by atoms with Gasteiger partial charge in [0.25, 0.3) is 0 Å². The molecule has 0 aliphatic rings. The van der Waals surface area contributed by atoms with Crippen molar-refractivity contribution in [3.8, 4) is 16.8 Å². The lowest BCUT2D eigenvalue weighted by Gasteiger charge is -2.07. The summed E-state index contributed by atoms with van der Waals surface area (Å²) in [5.41, 5.74) is 12.3.